The summed E-state index contributed by atoms with van der Waals surface area (Å²) in [5.74, 6) is -0.359. The van der Waals surface area contributed by atoms with Crippen molar-refractivity contribution in [2.75, 3.05) is 17.9 Å². The van der Waals surface area contributed by atoms with Crippen LogP contribution in [0.3, 0.4) is 0 Å². The predicted octanol–water partition coefficient (Wildman–Crippen LogP) is 5.72. The average Bonchev–Trinajstić information content (AvgIpc) is 3.72. The van der Waals surface area contributed by atoms with Crippen molar-refractivity contribution in [2.24, 2.45) is 7.05 Å². The number of ether oxygens (including phenoxy) is 2. The van der Waals surface area contributed by atoms with Gasteiger partial charge in [0.25, 0.3) is 15.9 Å². The summed E-state index contributed by atoms with van der Waals surface area (Å²) in [6, 6.07) is 15.1. The number of hydrogen-bond acceptors (Lipinski definition) is 9. The minimum atomic E-state index is -4.20. The van der Waals surface area contributed by atoms with Crippen molar-refractivity contribution in [3.05, 3.63) is 88.9 Å². The van der Waals surface area contributed by atoms with E-state index < -0.39 is 16.1 Å². The number of sulfonamides is 1. The molecule has 1 N–H and O–H groups in total. The molecular formula is C37H41N7O5S. The summed E-state index contributed by atoms with van der Waals surface area (Å²) in [7, 11) is -2.23. The number of nitrogens with zero attached hydrogens (tertiary/aromatic N) is 6. The lowest BCUT2D eigenvalue weighted by atomic mass is 9.92. The summed E-state index contributed by atoms with van der Waals surface area (Å²) in [5.41, 5.74) is 6.51. The molecule has 5 heterocycles. The van der Waals surface area contributed by atoms with Crippen LogP contribution in [0.1, 0.15) is 66.5 Å². The highest BCUT2D eigenvalue weighted by Gasteiger charge is 2.36. The molecule has 12 nitrogen and oxygen atoms in total. The first-order chi connectivity index (χ1) is 23.8. The fourth-order valence-electron chi connectivity index (χ4n) is 6.93. The van der Waals surface area contributed by atoms with E-state index in [2.05, 4.69) is 35.5 Å². The number of fused-ring (bicyclic) bond motifs is 5. The lowest BCUT2D eigenvalue weighted by molar-refractivity contribution is 0.00149. The maximum atomic E-state index is 14.6. The number of amides is 1. The van der Waals surface area contributed by atoms with Gasteiger partial charge in [-0.1, -0.05) is 45.0 Å². The molecule has 0 spiro atoms. The van der Waals surface area contributed by atoms with E-state index in [0.717, 1.165) is 34.3 Å². The van der Waals surface area contributed by atoms with Gasteiger partial charge >= 0.3 is 0 Å². The van der Waals surface area contributed by atoms with Crippen LogP contribution in [0.2, 0.25) is 0 Å². The topological polar surface area (TPSA) is 141 Å². The Morgan fingerprint density at radius 1 is 1.00 bits per heavy atom. The molecule has 7 rings (SSSR count). The zero-order valence-electron chi connectivity index (χ0n) is 29.1. The number of nitrogens with one attached hydrogen (secondary N) is 1. The second kappa shape index (κ2) is 12.8. The van der Waals surface area contributed by atoms with Crippen molar-refractivity contribution in [1.82, 2.24) is 29.4 Å². The number of aryl methyl sites for hydroxylation is 3. The first-order valence-electron chi connectivity index (χ1n) is 16.7. The van der Waals surface area contributed by atoms with Gasteiger partial charge in [0.1, 0.15) is 12.1 Å². The third-order valence-electron chi connectivity index (χ3n) is 9.40. The SMILES string of the molecule is Cc1cccc(C)c1-c1cc2nc(n1)NS(=O)(=O)c1cccc(c1)C(=O)N(Cc1cnc3cc(C(C)(C)C)n(C)c3n1)[C@H](C1CCCO1)CO2. The monoisotopic (exact) mass is 695 g/mol. The van der Waals surface area contributed by atoms with Crippen molar-refractivity contribution in [2.45, 2.75) is 76.5 Å². The molecular weight excluding hydrogens is 655 g/mol. The molecule has 0 radical (unpaired) electrons. The predicted molar refractivity (Wildman–Crippen MR) is 190 cm³/mol. The van der Waals surface area contributed by atoms with Crippen LogP contribution in [0, 0.1) is 13.8 Å². The molecule has 2 aromatic carbocycles. The maximum absolute atomic E-state index is 14.6. The summed E-state index contributed by atoms with van der Waals surface area (Å²) < 4.78 is 44.6. The zero-order valence-corrected chi connectivity index (χ0v) is 29.9. The number of carbonyl (C=O) groups excluding carboxylic acids is 1. The van der Waals surface area contributed by atoms with Gasteiger partial charge in [0.05, 0.1) is 41.2 Å². The number of hydrogen-bond donors (Lipinski definition) is 1. The smallest absolute Gasteiger partial charge is 0.264 e. The van der Waals surface area contributed by atoms with Crippen LogP contribution < -0.4 is 9.46 Å². The van der Waals surface area contributed by atoms with Crippen LogP contribution in [0.15, 0.2) is 65.7 Å². The summed E-state index contributed by atoms with van der Waals surface area (Å²) in [6.07, 6.45) is 2.90. The molecule has 50 heavy (non-hydrogen) atoms. The van der Waals surface area contributed by atoms with Gasteiger partial charge in [-0.05, 0) is 62.1 Å². The molecule has 3 aromatic heterocycles. The minimum Gasteiger partial charge on any atom is -0.475 e. The van der Waals surface area contributed by atoms with Gasteiger partial charge in [-0.15, -0.1) is 0 Å². The zero-order chi connectivity index (χ0) is 35.4. The number of benzene rings is 2. The highest BCUT2D eigenvalue weighted by atomic mass is 32.2. The maximum Gasteiger partial charge on any atom is 0.264 e. The van der Waals surface area contributed by atoms with E-state index >= 15 is 0 Å². The molecule has 260 valence electrons. The molecule has 1 saturated heterocycles. The Balaban J connectivity index is 1.36. The van der Waals surface area contributed by atoms with Crippen LogP contribution in [0.4, 0.5) is 5.95 Å². The van der Waals surface area contributed by atoms with Crippen LogP contribution in [-0.2, 0) is 33.8 Å². The van der Waals surface area contributed by atoms with E-state index in [1.54, 1.807) is 29.3 Å². The van der Waals surface area contributed by atoms with E-state index in [9.17, 15) is 13.2 Å². The van der Waals surface area contributed by atoms with Crippen molar-refractivity contribution >= 4 is 33.0 Å². The fraction of sp³-hybridized carbons (Fsp3) is 0.378. The van der Waals surface area contributed by atoms with Crippen LogP contribution in [-0.4, -0.2) is 69.1 Å². The first-order valence-corrected chi connectivity index (χ1v) is 18.2. The molecule has 5 aromatic rings. The Morgan fingerprint density at radius 2 is 1.76 bits per heavy atom. The summed E-state index contributed by atoms with van der Waals surface area (Å²) >= 11 is 0. The van der Waals surface area contributed by atoms with Crippen molar-refractivity contribution < 1.29 is 22.7 Å². The second-order valence-corrected chi connectivity index (χ2v) is 15.8. The van der Waals surface area contributed by atoms with E-state index in [4.69, 9.17) is 19.4 Å². The number of carbonyl (C=O) groups is 1. The fourth-order valence-corrected chi connectivity index (χ4v) is 7.92. The molecule has 4 bridgehead atoms. The van der Waals surface area contributed by atoms with Crippen molar-refractivity contribution in [3.8, 4) is 17.1 Å². The molecule has 2 atom stereocenters. The van der Waals surface area contributed by atoms with E-state index in [0.29, 0.717) is 30.1 Å². The number of aromatic nitrogens is 5. The lowest BCUT2D eigenvalue weighted by Crippen LogP contribution is -2.50. The quantitative estimate of drug-likeness (QED) is 0.250. The van der Waals surface area contributed by atoms with Crippen LogP contribution in [0.25, 0.3) is 22.4 Å². The third kappa shape index (κ3) is 6.42. The average molecular weight is 696 g/mol. The minimum absolute atomic E-state index is 0.0273. The Hall–Kier alpha value is -4.88. The lowest BCUT2D eigenvalue weighted by Gasteiger charge is -2.35. The molecule has 0 saturated carbocycles. The molecule has 0 aliphatic carbocycles. The van der Waals surface area contributed by atoms with E-state index in [1.165, 1.54) is 12.1 Å². The Labute approximate surface area is 292 Å². The van der Waals surface area contributed by atoms with Gasteiger partial charge in [0.2, 0.25) is 11.8 Å². The van der Waals surface area contributed by atoms with Gasteiger partial charge in [-0.25, -0.2) is 23.1 Å². The Kier molecular flexibility index (Phi) is 8.59. The standard InChI is InChI=1S/C37H41N7O5S/c1-22-10-7-11-23(2)33(22)27-18-32-41-36(40-27)42-50(46,47)26-13-8-12-24(16-26)35(45)44(29(21-49-32)30-14-9-15-48-30)20-25-19-38-28-17-31(37(3,4)5)43(6)34(28)39-25/h7-8,10-13,16-19,29-30H,9,14-15,20-21H2,1-6H3,(H,40,41,42)/t29-,30?/m0/s1. The molecule has 13 heteroatoms. The molecule has 2 aliphatic rings. The summed E-state index contributed by atoms with van der Waals surface area (Å²) in [5, 5.41) is 0. The Bertz CT molecular complexity index is 2200. The van der Waals surface area contributed by atoms with Gasteiger partial charge < -0.3 is 18.9 Å². The van der Waals surface area contributed by atoms with E-state index in [1.807, 2.05) is 49.7 Å². The van der Waals surface area contributed by atoms with E-state index in [-0.39, 0.29) is 52.9 Å². The summed E-state index contributed by atoms with van der Waals surface area (Å²) in [6.45, 7) is 11.0. The Morgan fingerprint density at radius 3 is 2.48 bits per heavy atom. The van der Waals surface area contributed by atoms with Gasteiger partial charge in [0.15, 0.2) is 5.65 Å². The highest BCUT2D eigenvalue weighted by Crippen LogP contribution is 2.32. The van der Waals surface area contributed by atoms with Crippen molar-refractivity contribution in [3.63, 3.8) is 0 Å². The molecule has 1 fully saturated rings. The van der Waals surface area contributed by atoms with Gasteiger partial charge in [-0.3, -0.25) is 9.78 Å². The second-order valence-electron chi connectivity index (χ2n) is 14.1. The molecule has 1 unspecified atom stereocenters. The van der Waals surface area contributed by atoms with Crippen molar-refractivity contribution in [1.29, 1.82) is 0 Å². The third-order valence-corrected chi connectivity index (χ3v) is 10.7. The first kappa shape index (κ1) is 33.6. The van der Waals surface area contributed by atoms with Crippen LogP contribution in [0.5, 0.6) is 5.88 Å². The molecule has 1 amide bonds. The summed E-state index contributed by atoms with van der Waals surface area (Å²) in [4.78, 5) is 35.0. The van der Waals surface area contributed by atoms with Crippen LogP contribution >= 0.6 is 0 Å². The number of anilines is 1. The normalized spacial score (nSPS) is 19.3. The van der Waals surface area contributed by atoms with Gasteiger partial charge in [-0.2, -0.15) is 4.98 Å². The molecule has 2 aliphatic heterocycles. The largest absolute Gasteiger partial charge is 0.475 e. The highest BCUT2D eigenvalue weighted by molar-refractivity contribution is 7.92. The van der Waals surface area contributed by atoms with Gasteiger partial charge in [0, 0.05) is 42.0 Å². The number of rotatable bonds is 4.